The Morgan fingerprint density at radius 2 is 1.47 bits per heavy atom. The van der Waals surface area contributed by atoms with Crippen molar-refractivity contribution in [3.8, 4) is 22.8 Å². The van der Waals surface area contributed by atoms with Gasteiger partial charge >= 0.3 is 6.18 Å². The Bertz CT molecular complexity index is 1490. The summed E-state index contributed by atoms with van der Waals surface area (Å²) in [6, 6.07) is 19.0. The molecule has 0 fully saturated rings. The lowest BCUT2D eigenvalue weighted by Crippen LogP contribution is -2.29. The lowest BCUT2D eigenvalue weighted by molar-refractivity contribution is -0.137. The quantitative estimate of drug-likeness (QED) is 0.321. The van der Waals surface area contributed by atoms with Gasteiger partial charge in [-0.1, -0.05) is 29.8 Å². The molecule has 0 saturated heterocycles. The van der Waals surface area contributed by atoms with Gasteiger partial charge < -0.3 is 15.0 Å². The molecule has 1 heterocycles. The van der Waals surface area contributed by atoms with Gasteiger partial charge in [0.15, 0.2) is 0 Å². The minimum Gasteiger partial charge on any atom is -0.457 e. The molecule has 1 aromatic heterocycles. The predicted molar refractivity (Wildman–Crippen MR) is 137 cm³/mol. The molecule has 0 bridgehead atoms. The molecule has 0 unspecified atom stereocenters. The van der Waals surface area contributed by atoms with Crippen molar-refractivity contribution < 1.29 is 17.9 Å². The van der Waals surface area contributed by atoms with Gasteiger partial charge in [0, 0.05) is 0 Å². The predicted octanol–water partition coefficient (Wildman–Crippen LogP) is 7.19. The van der Waals surface area contributed by atoms with E-state index in [1.807, 2.05) is 64.1 Å². The van der Waals surface area contributed by atoms with Crippen LogP contribution in [0.2, 0.25) is 0 Å². The summed E-state index contributed by atoms with van der Waals surface area (Å²) in [5.74, 6) is 1.18. The lowest BCUT2D eigenvalue weighted by Gasteiger charge is -2.19. The fourth-order valence-corrected chi connectivity index (χ4v) is 4.09. The number of aryl methyl sites for hydroxylation is 4. The number of pyridine rings is 1. The molecule has 0 saturated carbocycles. The average molecular weight is 493 g/mol. The Morgan fingerprint density at radius 1 is 0.806 bits per heavy atom. The Balaban J connectivity index is 1.78. The maximum Gasteiger partial charge on any atom is 0.418 e. The molecule has 4 rings (SSSR count). The summed E-state index contributed by atoms with van der Waals surface area (Å²) in [5, 5.41) is 0. The highest BCUT2D eigenvalue weighted by Gasteiger charge is 2.35. The molecule has 36 heavy (non-hydrogen) atoms. The van der Waals surface area contributed by atoms with Crippen LogP contribution in [0, 0.1) is 27.7 Å². The number of nitrogen functional groups attached to an aromatic ring is 1. The van der Waals surface area contributed by atoms with Crippen molar-refractivity contribution in [1.29, 1.82) is 0 Å². The van der Waals surface area contributed by atoms with E-state index < -0.39 is 23.0 Å². The minimum atomic E-state index is -4.76. The highest BCUT2D eigenvalue weighted by atomic mass is 19.4. The molecular formula is C29H27F3N2O2. The molecular weight excluding hydrogens is 465 g/mol. The molecule has 0 atom stereocenters. The van der Waals surface area contributed by atoms with Gasteiger partial charge in [0.05, 0.1) is 17.8 Å². The first-order valence-corrected chi connectivity index (χ1v) is 11.5. The number of benzene rings is 3. The van der Waals surface area contributed by atoms with Crippen LogP contribution < -0.4 is 16.0 Å². The smallest absolute Gasteiger partial charge is 0.418 e. The Labute approximate surface area is 207 Å². The minimum absolute atomic E-state index is 0.0868. The number of hydrogen-bond acceptors (Lipinski definition) is 3. The Hall–Kier alpha value is -4.00. The van der Waals surface area contributed by atoms with Gasteiger partial charge in [-0.25, -0.2) is 0 Å². The molecule has 0 aliphatic heterocycles. The number of aromatic nitrogens is 1. The van der Waals surface area contributed by atoms with Crippen LogP contribution in [-0.2, 0) is 12.7 Å². The van der Waals surface area contributed by atoms with Crippen LogP contribution in [0.5, 0.6) is 11.5 Å². The zero-order valence-corrected chi connectivity index (χ0v) is 20.5. The van der Waals surface area contributed by atoms with E-state index in [9.17, 15) is 18.0 Å². The maximum absolute atomic E-state index is 13.7. The molecule has 4 nitrogen and oxygen atoms in total. The topological polar surface area (TPSA) is 57.2 Å². The molecule has 0 aliphatic rings. The van der Waals surface area contributed by atoms with E-state index in [2.05, 4.69) is 0 Å². The summed E-state index contributed by atoms with van der Waals surface area (Å²) in [6.45, 7) is 7.93. The maximum atomic E-state index is 13.7. The molecule has 3 aromatic carbocycles. The van der Waals surface area contributed by atoms with E-state index in [4.69, 9.17) is 10.5 Å². The summed E-state index contributed by atoms with van der Waals surface area (Å²) in [7, 11) is 0. The second kappa shape index (κ2) is 9.57. The van der Waals surface area contributed by atoms with E-state index in [0.29, 0.717) is 17.1 Å². The summed E-state index contributed by atoms with van der Waals surface area (Å²) in [4.78, 5) is 13.1. The van der Waals surface area contributed by atoms with Crippen molar-refractivity contribution in [3.05, 3.63) is 110 Å². The third kappa shape index (κ3) is 5.15. The SMILES string of the molecule is Cc1ccc(Cn2c(-c3ccc(Oc4ccc(C)c(C)c4)cc3)cc(C(F)(F)F)c(N)c2=O)c(C)c1. The summed E-state index contributed by atoms with van der Waals surface area (Å²) in [6.07, 6.45) is -4.76. The average Bonchev–Trinajstić information content (AvgIpc) is 2.81. The lowest BCUT2D eigenvalue weighted by atomic mass is 10.0. The first-order chi connectivity index (χ1) is 16.9. The van der Waals surface area contributed by atoms with E-state index in [-0.39, 0.29) is 12.2 Å². The Morgan fingerprint density at radius 3 is 2.08 bits per heavy atom. The van der Waals surface area contributed by atoms with Gasteiger partial charge in [0.2, 0.25) is 0 Å². The van der Waals surface area contributed by atoms with Crippen molar-refractivity contribution in [1.82, 2.24) is 4.57 Å². The van der Waals surface area contributed by atoms with Crippen LogP contribution in [0.1, 0.15) is 33.4 Å². The van der Waals surface area contributed by atoms with Crippen LogP contribution in [-0.4, -0.2) is 4.57 Å². The van der Waals surface area contributed by atoms with Crippen LogP contribution in [0.4, 0.5) is 18.9 Å². The number of nitrogens with two attached hydrogens (primary N) is 1. The summed E-state index contributed by atoms with van der Waals surface area (Å²) >= 11 is 0. The number of ether oxygens (including phenoxy) is 1. The van der Waals surface area contributed by atoms with E-state index in [1.54, 1.807) is 24.3 Å². The zero-order valence-electron chi connectivity index (χ0n) is 20.5. The van der Waals surface area contributed by atoms with Gasteiger partial charge in [-0.15, -0.1) is 0 Å². The molecule has 0 amide bonds. The molecule has 0 radical (unpaired) electrons. The van der Waals surface area contributed by atoms with Gasteiger partial charge in [-0.2, -0.15) is 13.2 Å². The van der Waals surface area contributed by atoms with Gasteiger partial charge in [0.25, 0.3) is 5.56 Å². The van der Waals surface area contributed by atoms with Crippen LogP contribution in [0.25, 0.3) is 11.3 Å². The molecule has 186 valence electrons. The van der Waals surface area contributed by atoms with Crippen molar-refractivity contribution >= 4 is 5.69 Å². The number of anilines is 1. The molecule has 2 N–H and O–H groups in total. The first-order valence-electron chi connectivity index (χ1n) is 11.5. The van der Waals surface area contributed by atoms with E-state index in [0.717, 1.165) is 33.9 Å². The molecule has 0 spiro atoms. The van der Waals surface area contributed by atoms with Crippen molar-refractivity contribution in [3.63, 3.8) is 0 Å². The monoisotopic (exact) mass is 492 g/mol. The second-order valence-corrected chi connectivity index (χ2v) is 9.05. The fraction of sp³-hybridized carbons (Fsp3) is 0.207. The van der Waals surface area contributed by atoms with E-state index >= 15 is 0 Å². The third-order valence-electron chi connectivity index (χ3n) is 6.33. The summed E-state index contributed by atoms with van der Waals surface area (Å²) < 4.78 is 48.3. The summed E-state index contributed by atoms with van der Waals surface area (Å²) in [5.41, 5.74) is 8.45. The van der Waals surface area contributed by atoms with E-state index in [1.165, 1.54) is 4.57 Å². The molecule has 7 heteroatoms. The normalized spacial score (nSPS) is 11.5. The third-order valence-corrected chi connectivity index (χ3v) is 6.33. The van der Waals surface area contributed by atoms with Crippen molar-refractivity contribution in [2.45, 2.75) is 40.4 Å². The van der Waals surface area contributed by atoms with Crippen LogP contribution in [0.15, 0.2) is 71.5 Å². The van der Waals surface area contributed by atoms with Crippen LogP contribution >= 0.6 is 0 Å². The number of rotatable bonds is 5. The van der Waals surface area contributed by atoms with Crippen LogP contribution in [0.3, 0.4) is 0 Å². The number of hydrogen-bond donors (Lipinski definition) is 1. The van der Waals surface area contributed by atoms with Gasteiger partial charge in [-0.05, 0) is 98.0 Å². The number of halogens is 3. The molecule has 4 aromatic rings. The number of alkyl halides is 3. The van der Waals surface area contributed by atoms with Gasteiger partial charge in [0.1, 0.15) is 17.2 Å². The van der Waals surface area contributed by atoms with Crippen molar-refractivity contribution in [2.24, 2.45) is 0 Å². The molecule has 0 aliphatic carbocycles. The highest BCUT2D eigenvalue weighted by Crippen LogP contribution is 2.35. The largest absolute Gasteiger partial charge is 0.457 e. The second-order valence-electron chi connectivity index (χ2n) is 9.05. The standard InChI is InChI=1S/C29H27F3N2O2/c1-17-5-7-22(20(4)13-17)16-34-26(15-25(29(30,31)32)27(33)28(34)35)21-8-11-23(12-9-21)36-24-10-6-18(2)19(3)14-24/h5-15H,16,33H2,1-4H3. The Kier molecular flexibility index (Phi) is 6.67. The zero-order chi connectivity index (χ0) is 26.2. The first kappa shape index (κ1) is 25.1. The fourth-order valence-electron chi connectivity index (χ4n) is 4.09. The van der Waals surface area contributed by atoms with Crippen molar-refractivity contribution in [2.75, 3.05) is 5.73 Å². The van der Waals surface area contributed by atoms with Gasteiger partial charge in [-0.3, -0.25) is 4.79 Å². The highest BCUT2D eigenvalue weighted by molar-refractivity contribution is 5.65. The number of nitrogens with zero attached hydrogens (tertiary/aromatic N) is 1.